The first-order valence-corrected chi connectivity index (χ1v) is 11.5. The summed E-state index contributed by atoms with van der Waals surface area (Å²) in [7, 11) is 1.58. The van der Waals surface area contributed by atoms with Gasteiger partial charge < -0.3 is 10.1 Å². The van der Waals surface area contributed by atoms with E-state index in [0.717, 1.165) is 12.0 Å². The molecule has 0 radical (unpaired) electrons. The standard InChI is InChI=1S/C25H29N5O4/c1-5-12-28-23(32)20-11-10-18(22(31)26-16(3)6-2)14-21(20)30-24(28)27-29(25(30)33)15-17-8-7-9-19(13-17)34-4/h7-11,13-14,16H,5-6,12,15H2,1-4H3,(H,26,31). The van der Waals surface area contributed by atoms with Gasteiger partial charge in [0, 0.05) is 18.2 Å². The number of aryl methyl sites for hydroxylation is 1. The fourth-order valence-electron chi connectivity index (χ4n) is 3.94. The highest BCUT2D eigenvalue weighted by molar-refractivity contribution is 5.98. The number of hydrogen-bond acceptors (Lipinski definition) is 5. The maximum Gasteiger partial charge on any atom is 0.352 e. The Hall–Kier alpha value is -3.88. The summed E-state index contributed by atoms with van der Waals surface area (Å²) < 4.78 is 9.56. The zero-order valence-electron chi connectivity index (χ0n) is 19.9. The molecule has 1 N–H and O–H groups in total. The van der Waals surface area contributed by atoms with E-state index in [4.69, 9.17) is 4.74 Å². The molecular formula is C25H29N5O4. The molecule has 1 unspecified atom stereocenters. The molecule has 1 amide bonds. The van der Waals surface area contributed by atoms with E-state index in [2.05, 4.69) is 10.4 Å². The van der Waals surface area contributed by atoms with Crippen molar-refractivity contribution in [1.29, 1.82) is 0 Å². The van der Waals surface area contributed by atoms with Crippen molar-refractivity contribution in [2.45, 2.75) is 52.7 Å². The second-order valence-electron chi connectivity index (χ2n) is 8.40. The van der Waals surface area contributed by atoms with E-state index < -0.39 is 0 Å². The third kappa shape index (κ3) is 4.21. The normalized spacial score (nSPS) is 12.2. The topological polar surface area (TPSA) is 99.6 Å². The van der Waals surface area contributed by atoms with E-state index in [0.29, 0.717) is 35.2 Å². The molecular weight excluding hydrogens is 434 g/mol. The Morgan fingerprint density at radius 3 is 2.65 bits per heavy atom. The number of rotatable bonds is 8. The number of carbonyl (C=O) groups excluding carboxylic acids is 1. The second-order valence-corrected chi connectivity index (χ2v) is 8.40. The lowest BCUT2D eigenvalue weighted by atomic mass is 10.1. The first-order valence-electron chi connectivity index (χ1n) is 11.5. The van der Waals surface area contributed by atoms with Gasteiger partial charge in [0.05, 0.1) is 24.6 Å². The lowest BCUT2D eigenvalue weighted by Gasteiger charge is -2.13. The number of aromatic nitrogens is 4. The highest BCUT2D eigenvalue weighted by Crippen LogP contribution is 2.16. The lowest BCUT2D eigenvalue weighted by molar-refractivity contribution is 0.0939. The van der Waals surface area contributed by atoms with E-state index in [9.17, 15) is 14.4 Å². The first kappa shape index (κ1) is 23.3. The van der Waals surface area contributed by atoms with Crippen LogP contribution in [0.4, 0.5) is 0 Å². The van der Waals surface area contributed by atoms with Crippen LogP contribution in [0.25, 0.3) is 16.7 Å². The van der Waals surface area contributed by atoms with Crippen LogP contribution in [-0.2, 0) is 13.1 Å². The number of nitrogens with zero attached hydrogens (tertiary/aromatic N) is 4. The van der Waals surface area contributed by atoms with Crippen molar-refractivity contribution in [3.63, 3.8) is 0 Å². The van der Waals surface area contributed by atoms with Gasteiger partial charge in [-0.15, -0.1) is 5.10 Å². The van der Waals surface area contributed by atoms with E-state index in [1.807, 2.05) is 45.0 Å². The fourth-order valence-corrected chi connectivity index (χ4v) is 3.94. The van der Waals surface area contributed by atoms with Crippen molar-refractivity contribution in [3.8, 4) is 5.75 Å². The molecule has 9 nitrogen and oxygen atoms in total. The Kier molecular flexibility index (Phi) is 6.54. The van der Waals surface area contributed by atoms with Crippen molar-refractivity contribution in [2.75, 3.05) is 7.11 Å². The second kappa shape index (κ2) is 9.54. The average Bonchev–Trinajstić information content (AvgIpc) is 3.17. The summed E-state index contributed by atoms with van der Waals surface area (Å²) in [4.78, 5) is 39.5. The summed E-state index contributed by atoms with van der Waals surface area (Å²) in [6, 6.07) is 12.2. The van der Waals surface area contributed by atoms with Crippen LogP contribution in [0, 0.1) is 0 Å². The molecule has 2 aromatic heterocycles. The van der Waals surface area contributed by atoms with Crippen LogP contribution in [0.1, 0.15) is 49.5 Å². The highest BCUT2D eigenvalue weighted by Gasteiger charge is 2.19. The molecule has 0 fully saturated rings. The maximum atomic E-state index is 13.5. The Morgan fingerprint density at radius 2 is 1.94 bits per heavy atom. The number of fused-ring (bicyclic) bond motifs is 3. The number of nitrogens with one attached hydrogen (secondary N) is 1. The predicted octanol–water partition coefficient (Wildman–Crippen LogP) is 2.81. The van der Waals surface area contributed by atoms with Gasteiger partial charge in [-0.3, -0.25) is 14.2 Å². The third-order valence-electron chi connectivity index (χ3n) is 5.94. The van der Waals surface area contributed by atoms with Crippen molar-refractivity contribution in [3.05, 3.63) is 74.4 Å². The number of amides is 1. The molecule has 0 aliphatic heterocycles. The smallest absolute Gasteiger partial charge is 0.352 e. The van der Waals surface area contributed by atoms with Crippen molar-refractivity contribution >= 4 is 22.6 Å². The first-order chi connectivity index (χ1) is 16.4. The Labute approximate surface area is 196 Å². The molecule has 178 valence electrons. The monoisotopic (exact) mass is 463 g/mol. The van der Waals surface area contributed by atoms with Crippen LogP contribution in [0.5, 0.6) is 5.75 Å². The van der Waals surface area contributed by atoms with Crippen molar-refractivity contribution < 1.29 is 9.53 Å². The lowest BCUT2D eigenvalue weighted by Crippen LogP contribution is -2.32. The van der Waals surface area contributed by atoms with Gasteiger partial charge in [0.25, 0.3) is 11.5 Å². The quantitative estimate of drug-likeness (QED) is 0.433. The van der Waals surface area contributed by atoms with Gasteiger partial charge in [-0.1, -0.05) is 26.0 Å². The Balaban J connectivity index is 1.93. The minimum Gasteiger partial charge on any atom is -0.497 e. The number of methoxy groups -OCH3 is 1. The van der Waals surface area contributed by atoms with Crippen LogP contribution >= 0.6 is 0 Å². The molecule has 0 saturated carbocycles. The van der Waals surface area contributed by atoms with E-state index >= 15 is 0 Å². The minimum absolute atomic E-state index is 0.00843. The molecule has 2 aromatic carbocycles. The molecule has 9 heteroatoms. The molecule has 4 rings (SSSR count). The molecule has 0 bridgehead atoms. The average molecular weight is 464 g/mol. The van der Waals surface area contributed by atoms with Gasteiger partial charge in [-0.25, -0.2) is 13.9 Å². The van der Waals surface area contributed by atoms with Gasteiger partial charge in [0.15, 0.2) is 0 Å². The zero-order valence-corrected chi connectivity index (χ0v) is 19.9. The molecule has 2 heterocycles. The largest absolute Gasteiger partial charge is 0.497 e. The molecule has 0 aliphatic carbocycles. The van der Waals surface area contributed by atoms with Crippen LogP contribution < -0.4 is 21.3 Å². The van der Waals surface area contributed by atoms with Gasteiger partial charge in [-0.05, 0) is 55.7 Å². The number of ether oxygens (including phenoxy) is 1. The fraction of sp³-hybridized carbons (Fsp3) is 0.360. The number of carbonyl (C=O) groups is 1. The summed E-state index contributed by atoms with van der Waals surface area (Å²) >= 11 is 0. The van der Waals surface area contributed by atoms with Crippen LogP contribution in [0.2, 0.25) is 0 Å². The maximum absolute atomic E-state index is 13.5. The Morgan fingerprint density at radius 1 is 1.15 bits per heavy atom. The van der Waals surface area contributed by atoms with E-state index in [-0.39, 0.29) is 35.5 Å². The molecule has 1 atom stereocenters. The number of benzene rings is 2. The molecule has 0 saturated heterocycles. The summed E-state index contributed by atoms with van der Waals surface area (Å²) in [5.74, 6) is 0.685. The van der Waals surface area contributed by atoms with Crippen molar-refractivity contribution in [2.24, 2.45) is 0 Å². The van der Waals surface area contributed by atoms with E-state index in [1.165, 1.54) is 13.6 Å². The summed E-state index contributed by atoms with van der Waals surface area (Å²) in [6.45, 7) is 6.51. The third-order valence-corrected chi connectivity index (χ3v) is 5.94. The Bertz CT molecular complexity index is 1480. The van der Waals surface area contributed by atoms with Gasteiger partial charge in [0.1, 0.15) is 5.75 Å². The minimum atomic E-state index is -0.382. The highest BCUT2D eigenvalue weighted by atomic mass is 16.5. The molecule has 34 heavy (non-hydrogen) atoms. The van der Waals surface area contributed by atoms with Crippen LogP contribution in [0.3, 0.4) is 0 Å². The zero-order chi connectivity index (χ0) is 24.4. The molecule has 0 spiro atoms. The molecule has 4 aromatic rings. The number of hydrogen-bond donors (Lipinski definition) is 1. The summed E-state index contributed by atoms with van der Waals surface area (Å²) in [5.41, 5.74) is 0.969. The summed E-state index contributed by atoms with van der Waals surface area (Å²) in [5, 5.41) is 7.81. The van der Waals surface area contributed by atoms with Gasteiger partial charge in [-0.2, -0.15) is 0 Å². The van der Waals surface area contributed by atoms with Crippen LogP contribution in [0.15, 0.2) is 52.1 Å². The van der Waals surface area contributed by atoms with Gasteiger partial charge >= 0.3 is 5.69 Å². The predicted molar refractivity (Wildman–Crippen MR) is 131 cm³/mol. The van der Waals surface area contributed by atoms with Crippen molar-refractivity contribution in [1.82, 2.24) is 24.1 Å². The van der Waals surface area contributed by atoms with Crippen LogP contribution in [-0.4, -0.2) is 37.8 Å². The summed E-state index contributed by atoms with van der Waals surface area (Å²) in [6.07, 6.45) is 1.50. The van der Waals surface area contributed by atoms with E-state index in [1.54, 1.807) is 25.3 Å². The van der Waals surface area contributed by atoms with Gasteiger partial charge in [0.2, 0.25) is 5.78 Å². The SMILES string of the molecule is CCCn1c(=O)c2ccc(C(=O)NC(C)CC)cc2n2c(=O)n(Cc3cccc(OC)c3)nc12. The molecule has 0 aliphatic rings.